The molecule has 4 rings (SSSR count). The number of rotatable bonds is 12. The van der Waals surface area contributed by atoms with E-state index in [2.05, 4.69) is 32.7 Å². The van der Waals surface area contributed by atoms with Crippen molar-refractivity contribution in [3.05, 3.63) is 114 Å². The first-order valence-electron chi connectivity index (χ1n) is 13.6. The van der Waals surface area contributed by atoms with Gasteiger partial charge in [-0.05, 0) is 35.8 Å². The first-order valence-corrected chi connectivity index (χ1v) is 15.9. The Morgan fingerprint density at radius 3 is 1.95 bits per heavy atom. The second-order valence-corrected chi connectivity index (χ2v) is 14.1. The van der Waals surface area contributed by atoms with Crippen LogP contribution >= 0.6 is 21.6 Å². The Labute approximate surface area is 255 Å². The maximum Gasteiger partial charge on any atom is 0.334 e. The minimum atomic E-state index is -1.03. The molecule has 1 aliphatic rings. The number of carbonyl (C=O) groups is 3. The van der Waals surface area contributed by atoms with Gasteiger partial charge in [0.15, 0.2) is 18.8 Å². The summed E-state index contributed by atoms with van der Waals surface area (Å²) in [6.45, 7) is 11.7. The molecule has 42 heavy (non-hydrogen) atoms. The van der Waals surface area contributed by atoms with Gasteiger partial charge < -0.3 is 19.7 Å². The molecule has 3 aromatic carbocycles. The normalized spacial score (nSPS) is 17.3. The van der Waals surface area contributed by atoms with E-state index in [0.717, 1.165) is 11.1 Å². The number of nitrogens with zero attached hydrogens (tertiary/aromatic N) is 1. The highest BCUT2D eigenvalue weighted by atomic mass is 33.1. The molecule has 1 N–H and O–H groups in total. The van der Waals surface area contributed by atoms with Crippen LogP contribution in [0, 0.1) is 0 Å². The molecule has 7 nitrogen and oxygen atoms in total. The van der Waals surface area contributed by atoms with Crippen LogP contribution < -0.4 is 10.1 Å². The Kier molecular flexibility index (Phi) is 10.4. The summed E-state index contributed by atoms with van der Waals surface area (Å²) in [6, 6.07) is 26.1. The van der Waals surface area contributed by atoms with Gasteiger partial charge in [-0.1, -0.05) is 128 Å². The zero-order chi connectivity index (χ0) is 30.3. The first kappa shape index (κ1) is 31.3. The molecule has 3 unspecified atom stereocenters. The van der Waals surface area contributed by atoms with Gasteiger partial charge in [-0.3, -0.25) is 9.59 Å². The smallest absolute Gasteiger partial charge is 0.334 e. The number of hydrogen-bond acceptors (Lipinski definition) is 7. The zero-order valence-electron chi connectivity index (χ0n) is 24.2. The van der Waals surface area contributed by atoms with Crippen LogP contribution in [0.3, 0.4) is 0 Å². The fraction of sp³-hybridized carbons (Fsp3) is 0.303. The summed E-state index contributed by atoms with van der Waals surface area (Å²) in [6.07, 6.45) is -0.668. The molecule has 0 saturated carbocycles. The summed E-state index contributed by atoms with van der Waals surface area (Å²) in [5, 5.41) is 2.28. The number of likely N-dealkylation sites (tertiary alicyclic amines) is 1. The third kappa shape index (κ3) is 7.98. The van der Waals surface area contributed by atoms with Crippen LogP contribution in [0.2, 0.25) is 0 Å². The molecule has 1 aliphatic heterocycles. The number of β-lactam (4-membered cyclic amide) rings is 1. The third-order valence-electron chi connectivity index (χ3n) is 6.31. The van der Waals surface area contributed by atoms with Gasteiger partial charge in [0.1, 0.15) is 17.2 Å². The lowest BCUT2D eigenvalue weighted by Gasteiger charge is -2.49. The van der Waals surface area contributed by atoms with E-state index in [1.54, 1.807) is 29.9 Å². The second kappa shape index (κ2) is 14.0. The summed E-state index contributed by atoms with van der Waals surface area (Å²) in [7, 11) is 3.01. The van der Waals surface area contributed by atoms with E-state index in [-0.39, 0.29) is 17.3 Å². The van der Waals surface area contributed by atoms with Crippen molar-refractivity contribution >= 4 is 39.4 Å². The topological polar surface area (TPSA) is 84.9 Å². The first-order chi connectivity index (χ1) is 20.0. The van der Waals surface area contributed by atoms with E-state index in [1.165, 1.54) is 15.7 Å². The van der Waals surface area contributed by atoms with Crippen molar-refractivity contribution in [3.63, 3.8) is 0 Å². The predicted octanol–water partition coefficient (Wildman–Crippen LogP) is 6.18. The van der Waals surface area contributed by atoms with Gasteiger partial charge in [-0.2, -0.15) is 0 Å². The Hall–Kier alpha value is -3.69. The van der Waals surface area contributed by atoms with Crippen LogP contribution in [0.4, 0.5) is 0 Å². The second-order valence-electron chi connectivity index (χ2n) is 11.0. The molecule has 0 spiro atoms. The number of amides is 2. The molecule has 1 saturated heterocycles. The van der Waals surface area contributed by atoms with Gasteiger partial charge in [-0.15, -0.1) is 0 Å². The predicted molar refractivity (Wildman–Crippen MR) is 169 cm³/mol. The van der Waals surface area contributed by atoms with Gasteiger partial charge in [0.25, 0.3) is 5.91 Å². The van der Waals surface area contributed by atoms with E-state index >= 15 is 0 Å². The van der Waals surface area contributed by atoms with Crippen molar-refractivity contribution in [2.24, 2.45) is 0 Å². The van der Waals surface area contributed by atoms with Gasteiger partial charge >= 0.3 is 5.97 Å². The molecule has 3 atom stereocenters. The molecule has 3 aromatic rings. The maximum atomic E-state index is 13.9. The summed E-state index contributed by atoms with van der Waals surface area (Å²) in [5.41, 5.74) is 2.09. The number of ether oxygens (including phenoxy) is 2. The lowest BCUT2D eigenvalue weighted by atomic mass is 9.98. The Bertz CT molecular complexity index is 1340. The molecule has 9 heteroatoms. The van der Waals surface area contributed by atoms with Crippen molar-refractivity contribution in [2.45, 2.75) is 56.0 Å². The van der Waals surface area contributed by atoms with E-state index in [4.69, 9.17) is 9.47 Å². The lowest BCUT2D eigenvalue weighted by Crippen LogP contribution is -2.73. The number of nitrogens with one attached hydrogen (secondary N) is 1. The molecule has 220 valence electrons. The van der Waals surface area contributed by atoms with Crippen molar-refractivity contribution in [1.29, 1.82) is 0 Å². The minimum Gasteiger partial charge on any atom is -0.484 e. The molecular weight excluding hydrogens is 569 g/mol. The summed E-state index contributed by atoms with van der Waals surface area (Å²) >= 11 is 0. The Morgan fingerprint density at radius 1 is 0.929 bits per heavy atom. The summed E-state index contributed by atoms with van der Waals surface area (Å²) in [4.78, 5) is 41.7. The van der Waals surface area contributed by atoms with Crippen molar-refractivity contribution in [2.75, 3.05) is 6.61 Å². The highest BCUT2D eigenvalue weighted by Gasteiger charge is 2.54. The van der Waals surface area contributed by atoms with Crippen molar-refractivity contribution in [3.8, 4) is 5.75 Å². The Balaban J connectivity index is 1.54. The minimum absolute atomic E-state index is 0.134. The van der Waals surface area contributed by atoms with E-state index in [0.29, 0.717) is 11.3 Å². The molecular formula is C33H36N2O5S2. The molecule has 1 fully saturated rings. The molecule has 0 aromatic heterocycles. The average Bonchev–Trinajstić information content (AvgIpc) is 2.98. The number of benzene rings is 3. The fourth-order valence-corrected chi connectivity index (χ4v) is 7.16. The monoisotopic (exact) mass is 604 g/mol. The van der Waals surface area contributed by atoms with E-state index < -0.39 is 35.4 Å². The van der Waals surface area contributed by atoms with Gasteiger partial charge in [-0.25, -0.2) is 4.79 Å². The van der Waals surface area contributed by atoms with Crippen molar-refractivity contribution in [1.82, 2.24) is 10.2 Å². The number of esters is 1. The van der Waals surface area contributed by atoms with E-state index in [9.17, 15) is 14.4 Å². The summed E-state index contributed by atoms with van der Waals surface area (Å²) < 4.78 is 11.6. The fourth-order valence-electron chi connectivity index (χ4n) is 4.39. The molecule has 1 heterocycles. The quantitative estimate of drug-likeness (QED) is 0.114. The van der Waals surface area contributed by atoms with Gasteiger partial charge in [0.2, 0.25) is 5.91 Å². The zero-order valence-corrected chi connectivity index (χ0v) is 25.8. The summed E-state index contributed by atoms with van der Waals surface area (Å²) in [5.74, 6) is -0.834. The third-order valence-corrected chi connectivity index (χ3v) is 9.99. The molecule has 2 amide bonds. The SMILES string of the molecule is C=C(C)C(C(=O)OC(c1ccccc1)c1ccccc1)N1C(=O)C(NC(=O)COc2ccccc2)C1SSC(C)(C)C. The average molecular weight is 605 g/mol. The molecule has 0 aliphatic carbocycles. The van der Waals surface area contributed by atoms with Gasteiger partial charge in [0.05, 0.1) is 0 Å². The number of hydrogen-bond donors (Lipinski definition) is 1. The maximum absolute atomic E-state index is 13.9. The number of carbonyl (C=O) groups excluding carboxylic acids is 3. The van der Waals surface area contributed by atoms with Crippen LogP contribution in [-0.4, -0.2) is 51.5 Å². The van der Waals surface area contributed by atoms with Crippen LogP contribution in [0.15, 0.2) is 103 Å². The standard InChI is InChI=1S/C33H36N2O5S2/c1-22(2)28(32(38)40-29(23-15-9-6-10-16-23)24-17-11-7-12-18-24)35-30(37)27(31(35)41-42-33(3,4)5)34-26(36)21-39-25-19-13-8-14-20-25/h6-20,27-29,31H,1,21H2,2-5H3,(H,34,36). The Morgan fingerprint density at radius 2 is 1.45 bits per heavy atom. The highest BCUT2D eigenvalue weighted by molar-refractivity contribution is 8.77. The highest BCUT2D eigenvalue weighted by Crippen LogP contribution is 2.45. The van der Waals surface area contributed by atoms with E-state index in [1.807, 2.05) is 78.9 Å². The van der Waals surface area contributed by atoms with Crippen LogP contribution in [0.1, 0.15) is 44.9 Å². The molecule has 0 radical (unpaired) electrons. The lowest BCUT2D eigenvalue weighted by molar-refractivity contribution is -0.165. The molecule has 0 bridgehead atoms. The largest absolute Gasteiger partial charge is 0.484 e. The van der Waals surface area contributed by atoms with Crippen LogP contribution in [0.25, 0.3) is 0 Å². The number of para-hydroxylation sites is 1. The van der Waals surface area contributed by atoms with Crippen LogP contribution in [0.5, 0.6) is 5.75 Å². The van der Waals surface area contributed by atoms with Crippen molar-refractivity contribution < 1.29 is 23.9 Å². The van der Waals surface area contributed by atoms with Crippen LogP contribution in [-0.2, 0) is 19.1 Å². The van der Waals surface area contributed by atoms with Gasteiger partial charge in [0, 0.05) is 4.75 Å².